The topological polar surface area (TPSA) is 51.7 Å². The molecule has 0 saturated carbocycles. The molecule has 0 bridgehead atoms. The predicted molar refractivity (Wildman–Crippen MR) is 106 cm³/mol. The van der Waals surface area contributed by atoms with E-state index >= 15 is 0 Å². The molecule has 5 nitrogen and oxygen atoms in total. The number of nitrogens with one attached hydrogen (secondary N) is 3. The lowest BCUT2D eigenvalue weighted by Gasteiger charge is -2.24. The maximum absolute atomic E-state index is 4.38. The van der Waals surface area contributed by atoms with Crippen molar-refractivity contribution in [2.45, 2.75) is 19.5 Å². The van der Waals surface area contributed by atoms with E-state index in [0.29, 0.717) is 12.0 Å². The summed E-state index contributed by atoms with van der Waals surface area (Å²) in [5.74, 6) is 1.49. The highest BCUT2D eigenvalue weighted by Crippen LogP contribution is 2.17. The molecule has 3 N–H and O–H groups in total. The molecule has 1 aromatic rings. The molecule has 1 saturated heterocycles. The third-order valence-electron chi connectivity index (χ3n) is 3.86. The van der Waals surface area contributed by atoms with E-state index < -0.39 is 0 Å². The second kappa shape index (κ2) is 9.69. The van der Waals surface area contributed by atoms with Crippen LogP contribution in [0.4, 0.5) is 0 Å². The SMILES string of the molecule is CN=C(NCC1CNNC1C)N(C)Cc1ccccc1Br.I. The number of aliphatic imine (C=N–C) groups is 1. The highest BCUT2D eigenvalue weighted by Gasteiger charge is 2.23. The molecule has 0 amide bonds. The van der Waals surface area contributed by atoms with Crippen LogP contribution in [-0.4, -0.2) is 44.1 Å². The van der Waals surface area contributed by atoms with Crippen LogP contribution >= 0.6 is 39.9 Å². The van der Waals surface area contributed by atoms with E-state index in [1.807, 2.05) is 13.1 Å². The molecule has 1 heterocycles. The molecule has 0 spiro atoms. The molecule has 1 aliphatic rings. The van der Waals surface area contributed by atoms with Crippen LogP contribution in [0.1, 0.15) is 12.5 Å². The Kier molecular flexibility index (Phi) is 8.66. The maximum Gasteiger partial charge on any atom is 0.193 e. The molecule has 1 aromatic carbocycles. The normalized spacial score (nSPS) is 21.4. The summed E-state index contributed by atoms with van der Waals surface area (Å²) in [7, 11) is 3.89. The molecule has 1 aliphatic heterocycles. The van der Waals surface area contributed by atoms with E-state index in [9.17, 15) is 0 Å². The first-order valence-electron chi connectivity index (χ1n) is 7.25. The van der Waals surface area contributed by atoms with Crippen LogP contribution in [0.15, 0.2) is 33.7 Å². The first kappa shape index (κ1) is 19.7. The minimum absolute atomic E-state index is 0. The molecular formula is C15H25BrIN5. The zero-order valence-electron chi connectivity index (χ0n) is 13.3. The van der Waals surface area contributed by atoms with Crippen molar-refractivity contribution in [1.82, 2.24) is 21.1 Å². The highest BCUT2D eigenvalue weighted by atomic mass is 127. The van der Waals surface area contributed by atoms with Gasteiger partial charge >= 0.3 is 0 Å². The Hall–Kier alpha value is -0.380. The smallest absolute Gasteiger partial charge is 0.193 e. The Morgan fingerprint density at radius 1 is 1.45 bits per heavy atom. The summed E-state index contributed by atoms with van der Waals surface area (Å²) in [6.45, 7) is 4.91. The summed E-state index contributed by atoms with van der Waals surface area (Å²) in [5.41, 5.74) is 7.68. The fraction of sp³-hybridized carbons (Fsp3) is 0.533. The molecule has 124 valence electrons. The van der Waals surface area contributed by atoms with Gasteiger partial charge < -0.3 is 10.2 Å². The Labute approximate surface area is 158 Å². The number of rotatable bonds is 4. The molecule has 0 aromatic heterocycles. The summed E-state index contributed by atoms with van der Waals surface area (Å²) >= 11 is 3.59. The number of hydrogen-bond acceptors (Lipinski definition) is 3. The second-order valence-corrected chi connectivity index (χ2v) is 6.30. The number of benzene rings is 1. The molecule has 1 fully saturated rings. The molecule has 7 heteroatoms. The third-order valence-corrected chi connectivity index (χ3v) is 4.64. The predicted octanol–water partition coefficient (Wildman–Crippen LogP) is 2.19. The fourth-order valence-corrected chi connectivity index (χ4v) is 2.87. The first-order chi connectivity index (χ1) is 10.1. The van der Waals surface area contributed by atoms with Gasteiger partial charge in [-0.05, 0) is 18.6 Å². The van der Waals surface area contributed by atoms with Crippen LogP contribution in [0, 0.1) is 5.92 Å². The van der Waals surface area contributed by atoms with Gasteiger partial charge in [-0.25, -0.2) is 0 Å². The van der Waals surface area contributed by atoms with E-state index in [1.165, 1.54) is 5.56 Å². The van der Waals surface area contributed by atoms with Gasteiger partial charge in [0.05, 0.1) is 0 Å². The van der Waals surface area contributed by atoms with E-state index in [2.05, 4.69) is 74.2 Å². The molecule has 0 aliphatic carbocycles. The summed E-state index contributed by atoms with van der Waals surface area (Å²) in [6.07, 6.45) is 0. The van der Waals surface area contributed by atoms with Crippen LogP contribution in [0.2, 0.25) is 0 Å². The average molecular weight is 482 g/mol. The van der Waals surface area contributed by atoms with Gasteiger partial charge in [-0.15, -0.1) is 24.0 Å². The number of hydrogen-bond donors (Lipinski definition) is 3. The summed E-state index contributed by atoms with van der Waals surface area (Å²) in [6, 6.07) is 8.76. The van der Waals surface area contributed by atoms with Gasteiger partial charge in [-0.1, -0.05) is 34.1 Å². The van der Waals surface area contributed by atoms with Crippen molar-refractivity contribution >= 4 is 45.9 Å². The number of halogens is 2. The van der Waals surface area contributed by atoms with Gasteiger partial charge in [-0.3, -0.25) is 15.8 Å². The average Bonchev–Trinajstić information content (AvgIpc) is 2.88. The Morgan fingerprint density at radius 2 is 2.18 bits per heavy atom. The zero-order chi connectivity index (χ0) is 15.2. The van der Waals surface area contributed by atoms with Crippen molar-refractivity contribution in [3.63, 3.8) is 0 Å². The first-order valence-corrected chi connectivity index (χ1v) is 8.04. The van der Waals surface area contributed by atoms with E-state index in [0.717, 1.165) is 30.1 Å². The maximum atomic E-state index is 4.38. The van der Waals surface area contributed by atoms with E-state index in [1.54, 1.807) is 0 Å². The van der Waals surface area contributed by atoms with Crippen LogP contribution in [0.5, 0.6) is 0 Å². The minimum Gasteiger partial charge on any atom is -0.356 e. The Bertz CT molecular complexity index is 497. The summed E-state index contributed by atoms with van der Waals surface area (Å²) < 4.78 is 1.13. The molecular weight excluding hydrogens is 457 g/mol. The fourth-order valence-electron chi connectivity index (χ4n) is 2.46. The molecule has 22 heavy (non-hydrogen) atoms. The zero-order valence-corrected chi connectivity index (χ0v) is 17.2. The van der Waals surface area contributed by atoms with Gasteiger partial charge in [0.1, 0.15) is 0 Å². The Balaban J connectivity index is 0.00000242. The van der Waals surface area contributed by atoms with Gasteiger partial charge in [0.15, 0.2) is 5.96 Å². The van der Waals surface area contributed by atoms with Crippen molar-refractivity contribution in [1.29, 1.82) is 0 Å². The van der Waals surface area contributed by atoms with Crippen LogP contribution in [0.25, 0.3) is 0 Å². The van der Waals surface area contributed by atoms with Crippen molar-refractivity contribution < 1.29 is 0 Å². The van der Waals surface area contributed by atoms with Gasteiger partial charge in [0.2, 0.25) is 0 Å². The molecule has 2 rings (SSSR count). The minimum atomic E-state index is 0. The van der Waals surface area contributed by atoms with Crippen molar-refractivity contribution in [3.05, 3.63) is 34.3 Å². The second-order valence-electron chi connectivity index (χ2n) is 5.45. The summed E-state index contributed by atoms with van der Waals surface area (Å²) in [4.78, 5) is 6.51. The molecule has 2 unspecified atom stereocenters. The lowest BCUT2D eigenvalue weighted by atomic mass is 10.0. The summed E-state index contributed by atoms with van der Waals surface area (Å²) in [5, 5.41) is 3.46. The highest BCUT2D eigenvalue weighted by molar-refractivity contribution is 14.0. The van der Waals surface area contributed by atoms with E-state index in [4.69, 9.17) is 0 Å². The largest absolute Gasteiger partial charge is 0.356 e. The van der Waals surface area contributed by atoms with Crippen LogP contribution < -0.4 is 16.2 Å². The molecule has 2 atom stereocenters. The van der Waals surface area contributed by atoms with Gasteiger partial charge in [0, 0.05) is 50.2 Å². The van der Waals surface area contributed by atoms with Gasteiger partial charge in [0.25, 0.3) is 0 Å². The van der Waals surface area contributed by atoms with Gasteiger partial charge in [-0.2, -0.15) is 0 Å². The van der Waals surface area contributed by atoms with Crippen LogP contribution in [0.3, 0.4) is 0 Å². The van der Waals surface area contributed by atoms with Crippen molar-refractivity contribution in [3.8, 4) is 0 Å². The van der Waals surface area contributed by atoms with Crippen LogP contribution in [-0.2, 0) is 6.54 Å². The Morgan fingerprint density at radius 3 is 2.77 bits per heavy atom. The number of nitrogens with zero attached hydrogens (tertiary/aromatic N) is 2. The third kappa shape index (κ3) is 5.36. The lowest BCUT2D eigenvalue weighted by molar-refractivity contribution is 0.443. The number of hydrazine groups is 1. The standard InChI is InChI=1S/C15H24BrN5.HI/c1-11-13(9-19-20-11)8-18-15(17-2)21(3)10-12-6-4-5-7-14(12)16;/h4-7,11,13,19-20H,8-10H2,1-3H3,(H,17,18);1H. The van der Waals surface area contributed by atoms with E-state index in [-0.39, 0.29) is 24.0 Å². The quantitative estimate of drug-likeness (QED) is 0.350. The van der Waals surface area contributed by atoms with Crippen molar-refractivity contribution in [2.24, 2.45) is 10.9 Å². The monoisotopic (exact) mass is 481 g/mol. The lowest BCUT2D eigenvalue weighted by Crippen LogP contribution is -2.42. The number of guanidine groups is 1. The van der Waals surface area contributed by atoms with Crippen molar-refractivity contribution in [2.75, 3.05) is 27.2 Å². The molecule has 0 radical (unpaired) electrons.